The molecule has 108 valence electrons. The molecule has 0 aromatic heterocycles. The zero-order valence-electron chi connectivity index (χ0n) is 9.92. The van der Waals surface area contributed by atoms with E-state index in [0.29, 0.717) is 14.4 Å². The minimum absolute atomic E-state index is 0.222. The van der Waals surface area contributed by atoms with Gasteiger partial charge >= 0.3 is 0 Å². The molecule has 0 amide bonds. The zero-order chi connectivity index (χ0) is 14.6. The highest BCUT2D eigenvalue weighted by molar-refractivity contribution is 7.83. The molecule has 1 rings (SSSR count). The minimum Gasteiger partial charge on any atom is -0.735 e. The van der Waals surface area contributed by atoms with Crippen LogP contribution in [0.1, 0.15) is 0 Å². The van der Waals surface area contributed by atoms with E-state index in [9.17, 15) is 18.1 Å². The molecule has 0 spiro atoms. The number of halogens is 2. The highest BCUT2D eigenvalue weighted by atomic mass is 35.5. The van der Waals surface area contributed by atoms with Crippen LogP contribution < -0.4 is 4.74 Å². The maximum absolute atomic E-state index is 10.6. The predicted molar refractivity (Wildman–Crippen MR) is 70.3 cm³/mol. The van der Waals surface area contributed by atoms with E-state index in [4.69, 9.17) is 27.9 Å². The van der Waals surface area contributed by atoms with Gasteiger partial charge in [0.2, 0.25) is 0 Å². The van der Waals surface area contributed by atoms with Crippen molar-refractivity contribution in [3.05, 3.63) is 28.2 Å². The Balaban J connectivity index is 2.55. The van der Waals surface area contributed by atoms with Crippen LogP contribution in [0, 0.1) is 0 Å². The van der Waals surface area contributed by atoms with Crippen molar-refractivity contribution in [1.29, 1.82) is 0 Å². The van der Waals surface area contributed by atoms with E-state index in [0.717, 1.165) is 7.05 Å². The zero-order valence-corrected chi connectivity index (χ0v) is 12.2. The van der Waals surface area contributed by atoms with Gasteiger partial charge in [0.25, 0.3) is 0 Å². The van der Waals surface area contributed by atoms with Gasteiger partial charge in [0.15, 0.2) is 10.3 Å². The molecule has 0 fully saturated rings. The Labute approximate surface area is 121 Å². The van der Waals surface area contributed by atoms with Crippen LogP contribution in [0.4, 0.5) is 0 Å². The molecule has 0 aliphatic carbocycles. The van der Waals surface area contributed by atoms with Crippen LogP contribution in [0.5, 0.6) is 5.75 Å². The van der Waals surface area contributed by atoms with Gasteiger partial charge in [-0.05, 0) is 12.1 Å². The second-order valence-electron chi connectivity index (χ2n) is 3.78. The highest BCUT2D eigenvalue weighted by Crippen LogP contribution is 2.27. The van der Waals surface area contributed by atoms with E-state index in [2.05, 4.69) is 0 Å². The van der Waals surface area contributed by atoms with Gasteiger partial charge in [-0.2, -0.15) is 0 Å². The minimum atomic E-state index is -4.58. The lowest BCUT2D eigenvalue weighted by molar-refractivity contribution is 0.0916. The van der Waals surface area contributed by atoms with Gasteiger partial charge in [-0.15, -0.1) is 0 Å². The summed E-state index contributed by atoms with van der Waals surface area (Å²) >= 11 is 11.6. The quantitative estimate of drug-likeness (QED) is 0.790. The smallest absolute Gasteiger partial charge is 0.161 e. The summed E-state index contributed by atoms with van der Waals surface area (Å²) in [6, 6.07) is 4.56. The lowest BCUT2D eigenvalue weighted by atomic mass is 10.3. The maximum atomic E-state index is 10.6. The van der Waals surface area contributed by atoms with Crippen molar-refractivity contribution in [1.82, 2.24) is 4.31 Å². The first-order valence-corrected chi connectivity index (χ1v) is 7.25. The Morgan fingerprint density at radius 1 is 1.47 bits per heavy atom. The largest absolute Gasteiger partial charge is 0.735 e. The van der Waals surface area contributed by atoms with Crippen molar-refractivity contribution in [2.75, 3.05) is 20.2 Å². The average Bonchev–Trinajstić information content (AvgIpc) is 2.29. The molecule has 9 heteroatoms. The number of aliphatic hydroxyl groups is 1. The van der Waals surface area contributed by atoms with Crippen LogP contribution in [-0.2, 0) is 10.3 Å². The molecule has 0 radical (unpaired) electrons. The topological polar surface area (TPSA) is 89.9 Å². The predicted octanol–water partition coefficient (Wildman–Crippen LogP) is 1.13. The van der Waals surface area contributed by atoms with E-state index in [-0.39, 0.29) is 18.9 Å². The first-order chi connectivity index (χ1) is 8.70. The Bertz CT molecular complexity index is 537. The van der Waals surface area contributed by atoms with Crippen LogP contribution in [-0.4, -0.2) is 48.7 Å². The van der Waals surface area contributed by atoms with Crippen LogP contribution in [0.2, 0.25) is 10.0 Å². The van der Waals surface area contributed by atoms with Crippen molar-refractivity contribution >= 4 is 33.5 Å². The fourth-order valence-electron chi connectivity index (χ4n) is 1.21. The number of likely N-dealkylation sites (N-methyl/N-ethyl adjacent to an activating group) is 1. The second kappa shape index (κ2) is 6.74. The average molecular weight is 329 g/mol. The third kappa shape index (κ3) is 5.52. The first-order valence-electron chi connectivity index (χ1n) is 5.13. The summed E-state index contributed by atoms with van der Waals surface area (Å²) < 4.78 is 37.5. The summed E-state index contributed by atoms with van der Waals surface area (Å²) in [7, 11) is -3.51. The molecule has 0 aliphatic rings. The van der Waals surface area contributed by atoms with E-state index in [1.165, 1.54) is 12.1 Å². The van der Waals surface area contributed by atoms with Gasteiger partial charge < -0.3 is 14.4 Å². The summed E-state index contributed by atoms with van der Waals surface area (Å²) in [6.45, 7) is -0.593. The maximum Gasteiger partial charge on any atom is 0.161 e. The van der Waals surface area contributed by atoms with Crippen molar-refractivity contribution < 1.29 is 22.8 Å². The van der Waals surface area contributed by atoms with Crippen molar-refractivity contribution in [3.63, 3.8) is 0 Å². The molecule has 1 aromatic carbocycles. The van der Waals surface area contributed by atoms with Gasteiger partial charge in [0.05, 0.1) is 5.02 Å². The number of aliphatic hydroxyl groups excluding tert-OH is 1. The summed E-state index contributed by atoms with van der Waals surface area (Å²) in [5, 5.41) is 10.3. The Morgan fingerprint density at radius 3 is 2.68 bits per heavy atom. The fourth-order valence-corrected chi connectivity index (χ4v) is 1.90. The number of benzene rings is 1. The molecule has 1 aromatic rings. The van der Waals surface area contributed by atoms with Crippen LogP contribution in [0.3, 0.4) is 0 Å². The number of rotatable bonds is 6. The molecule has 0 saturated carbocycles. The molecule has 1 N–H and O–H groups in total. The molecule has 1 unspecified atom stereocenters. The van der Waals surface area contributed by atoms with Crippen LogP contribution in [0.15, 0.2) is 18.2 Å². The van der Waals surface area contributed by atoms with E-state index in [1.807, 2.05) is 0 Å². The molecule has 6 nitrogen and oxygen atoms in total. The molecule has 1 atom stereocenters. The van der Waals surface area contributed by atoms with Crippen molar-refractivity contribution in [2.24, 2.45) is 0 Å². The normalized spacial score (nSPS) is 13.6. The molecular formula is C10H12Cl2NO5S-. The number of hydrogen-bond donors (Lipinski definition) is 1. The summed E-state index contributed by atoms with van der Waals surface area (Å²) in [5.41, 5.74) is 0. The lowest BCUT2D eigenvalue weighted by Gasteiger charge is -2.23. The molecule has 0 heterocycles. The third-order valence-corrected chi connectivity index (χ3v) is 3.63. The molecule has 0 saturated heterocycles. The Hall–Kier alpha value is -0.570. The van der Waals surface area contributed by atoms with Crippen molar-refractivity contribution in [2.45, 2.75) is 6.10 Å². The fraction of sp³-hybridized carbons (Fsp3) is 0.400. The summed E-state index contributed by atoms with van der Waals surface area (Å²) in [6.07, 6.45) is -1.16. The highest BCUT2D eigenvalue weighted by Gasteiger charge is 2.14. The van der Waals surface area contributed by atoms with Crippen LogP contribution in [0.25, 0.3) is 0 Å². The third-order valence-electron chi connectivity index (χ3n) is 2.17. The molecule has 0 aliphatic heterocycles. The van der Waals surface area contributed by atoms with Gasteiger partial charge in [-0.1, -0.05) is 23.2 Å². The van der Waals surface area contributed by atoms with Gasteiger partial charge in [0.1, 0.15) is 18.5 Å². The first kappa shape index (κ1) is 16.5. The van der Waals surface area contributed by atoms with Gasteiger partial charge in [-0.25, -0.2) is 12.7 Å². The Kier molecular flexibility index (Phi) is 5.84. The molecular weight excluding hydrogens is 317 g/mol. The molecule has 0 bridgehead atoms. The summed E-state index contributed by atoms with van der Waals surface area (Å²) in [5.74, 6) is 0.265. The lowest BCUT2D eigenvalue weighted by Crippen LogP contribution is -2.36. The van der Waals surface area contributed by atoms with Crippen molar-refractivity contribution in [3.8, 4) is 5.75 Å². The SMILES string of the molecule is CN(CC(O)COc1cc(Cl)ccc1Cl)S(=O)(=O)[O-]. The number of hydrogen-bond acceptors (Lipinski definition) is 5. The monoisotopic (exact) mass is 328 g/mol. The number of ether oxygens (including phenoxy) is 1. The summed E-state index contributed by atoms with van der Waals surface area (Å²) in [4.78, 5) is 0. The number of nitrogens with zero attached hydrogens (tertiary/aromatic N) is 1. The van der Waals surface area contributed by atoms with Gasteiger partial charge in [-0.3, -0.25) is 0 Å². The van der Waals surface area contributed by atoms with Gasteiger partial charge in [0, 0.05) is 24.7 Å². The van der Waals surface area contributed by atoms with E-state index >= 15 is 0 Å². The van der Waals surface area contributed by atoms with Crippen LogP contribution >= 0.6 is 23.2 Å². The van der Waals surface area contributed by atoms with E-state index < -0.39 is 16.4 Å². The second-order valence-corrected chi connectivity index (χ2v) is 6.10. The molecule has 19 heavy (non-hydrogen) atoms. The Morgan fingerprint density at radius 2 is 2.11 bits per heavy atom. The van der Waals surface area contributed by atoms with E-state index in [1.54, 1.807) is 6.07 Å². The standard InChI is InChI=1S/C10H13Cl2NO5S/c1-13(19(15,16)17)5-8(14)6-18-10-4-7(11)2-3-9(10)12/h2-4,8,14H,5-6H2,1H3,(H,15,16,17)/p-1.